The molecule has 0 atom stereocenters. The topological polar surface area (TPSA) is 153 Å². The molecular weight excluding hydrogens is 250 g/mol. The van der Waals surface area contributed by atoms with Crippen LogP contribution in [0, 0.1) is 0 Å². The third-order valence-electron chi connectivity index (χ3n) is 2.24. The highest BCUT2D eigenvalue weighted by atomic mass is 16.2. The largest absolute Gasteiger partial charge is 0.368 e. The Bertz CT molecular complexity index is 439. The van der Waals surface area contributed by atoms with Crippen molar-refractivity contribution in [3.8, 4) is 0 Å². The fourth-order valence-corrected chi connectivity index (χ4v) is 1.47. The number of hydrazine groups is 1. The molecule has 104 valence electrons. The summed E-state index contributed by atoms with van der Waals surface area (Å²) >= 11 is 0. The van der Waals surface area contributed by atoms with E-state index >= 15 is 0 Å². The molecule has 0 saturated carbocycles. The highest BCUT2D eigenvalue weighted by Crippen LogP contribution is 2.15. The summed E-state index contributed by atoms with van der Waals surface area (Å²) < 4.78 is 0. The average molecular weight is 267 g/mol. The van der Waals surface area contributed by atoms with Crippen molar-refractivity contribution in [2.24, 2.45) is 17.3 Å². The predicted octanol–water partition coefficient (Wildman–Crippen LogP) is -1.90. The van der Waals surface area contributed by atoms with Gasteiger partial charge in [0.1, 0.15) is 17.5 Å². The first-order valence-corrected chi connectivity index (χ1v) is 5.62. The Morgan fingerprint density at radius 3 is 2.26 bits per heavy atom. The van der Waals surface area contributed by atoms with Gasteiger partial charge < -0.3 is 21.8 Å². The van der Waals surface area contributed by atoms with E-state index in [2.05, 4.69) is 15.4 Å². The monoisotopic (exact) mass is 267 g/mol. The van der Waals surface area contributed by atoms with Crippen molar-refractivity contribution in [2.75, 3.05) is 23.4 Å². The van der Waals surface area contributed by atoms with Crippen molar-refractivity contribution < 1.29 is 9.59 Å². The van der Waals surface area contributed by atoms with E-state index in [0.717, 1.165) is 0 Å². The minimum Gasteiger partial charge on any atom is -0.368 e. The zero-order valence-electron chi connectivity index (χ0n) is 10.6. The normalized spacial score (nSPS) is 10.0. The molecule has 0 aliphatic heterocycles. The van der Waals surface area contributed by atoms with E-state index in [1.807, 2.05) is 6.92 Å². The van der Waals surface area contributed by atoms with E-state index in [9.17, 15) is 9.59 Å². The van der Waals surface area contributed by atoms with Gasteiger partial charge in [-0.25, -0.2) is 15.8 Å². The first kappa shape index (κ1) is 14.6. The molecule has 0 saturated heterocycles. The highest BCUT2D eigenvalue weighted by Gasteiger charge is 2.15. The molecule has 0 aliphatic carbocycles. The number of aromatic nitrogens is 2. The number of carbonyl (C=O) groups excluding carboxylic acids is 2. The first-order chi connectivity index (χ1) is 8.96. The Labute approximate surface area is 110 Å². The summed E-state index contributed by atoms with van der Waals surface area (Å²) in [5.41, 5.74) is 12.7. The van der Waals surface area contributed by atoms with E-state index in [1.165, 1.54) is 11.0 Å². The van der Waals surface area contributed by atoms with Crippen LogP contribution in [0.2, 0.25) is 0 Å². The number of amides is 2. The van der Waals surface area contributed by atoms with Crippen LogP contribution in [0.5, 0.6) is 0 Å². The number of primary amides is 2. The van der Waals surface area contributed by atoms with E-state index in [4.69, 9.17) is 17.3 Å². The van der Waals surface area contributed by atoms with Crippen molar-refractivity contribution in [1.29, 1.82) is 0 Å². The maximum absolute atomic E-state index is 11.0. The molecule has 19 heavy (non-hydrogen) atoms. The van der Waals surface area contributed by atoms with Crippen LogP contribution < -0.4 is 27.6 Å². The van der Waals surface area contributed by atoms with Gasteiger partial charge in [0.2, 0.25) is 11.8 Å². The second kappa shape index (κ2) is 6.50. The number of anilines is 2. The zero-order valence-corrected chi connectivity index (χ0v) is 10.6. The number of aryl methyl sites for hydroxylation is 1. The predicted molar refractivity (Wildman–Crippen MR) is 69.8 cm³/mol. The number of rotatable bonds is 7. The Kier molecular flexibility index (Phi) is 5.01. The smallest absolute Gasteiger partial charge is 0.237 e. The Morgan fingerprint density at radius 1 is 1.26 bits per heavy atom. The molecule has 0 aromatic carbocycles. The van der Waals surface area contributed by atoms with E-state index in [1.54, 1.807) is 0 Å². The van der Waals surface area contributed by atoms with Gasteiger partial charge in [0, 0.05) is 12.5 Å². The van der Waals surface area contributed by atoms with Gasteiger partial charge in [-0.3, -0.25) is 9.59 Å². The van der Waals surface area contributed by atoms with Gasteiger partial charge in [0.05, 0.1) is 13.1 Å². The summed E-state index contributed by atoms with van der Waals surface area (Å²) in [6.07, 6.45) is 0.573. The number of nitrogen functional groups attached to an aromatic ring is 1. The fraction of sp³-hybridized carbons (Fsp3) is 0.400. The maximum atomic E-state index is 11.0. The highest BCUT2D eigenvalue weighted by molar-refractivity contribution is 5.84. The van der Waals surface area contributed by atoms with Gasteiger partial charge in [-0.2, -0.15) is 0 Å². The van der Waals surface area contributed by atoms with Gasteiger partial charge in [0.15, 0.2) is 0 Å². The van der Waals surface area contributed by atoms with Crippen molar-refractivity contribution in [3.63, 3.8) is 0 Å². The third kappa shape index (κ3) is 4.39. The second-order valence-electron chi connectivity index (χ2n) is 3.81. The molecule has 2 amide bonds. The molecule has 1 aromatic heterocycles. The van der Waals surface area contributed by atoms with Crippen LogP contribution in [0.15, 0.2) is 6.07 Å². The lowest BCUT2D eigenvalue weighted by Crippen LogP contribution is -2.40. The summed E-state index contributed by atoms with van der Waals surface area (Å²) in [7, 11) is 0. The lowest BCUT2D eigenvalue weighted by molar-refractivity contribution is -0.117. The molecular formula is C10H17N7O2. The molecule has 9 heteroatoms. The number of hydrogen-bond donors (Lipinski definition) is 4. The quantitative estimate of drug-likeness (QED) is 0.332. The summed E-state index contributed by atoms with van der Waals surface area (Å²) in [5, 5.41) is 0. The molecule has 9 nitrogen and oxygen atoms in total. The van der Waals surface area contributed by atoms with E-state index in [0.29, 0.717) is 23.9 Å². The SMILES string of the molecule is CCc1nc(NN)cc(N(CC(N)=O)CC(N)=O)n1. The molecule has 1 rings (SSSR count). The molecule has 0 fully saturated rings. The van der Waals surface area contributed by atoms with Crippen molar-refractivity contribution >= 4 is 23.5 Å². The van der Waals surface area contributed by atoms with Crippen LogP contribution in [-0.4, -0.2) is 34.9 Å². The summed E-state index contributed by atoms with van der Waals surface area (Å²) in [5.74, 6) is 5.36. The average Bonchev–Trinajstić information content (AvgIpc) is 2.36. The van der Waals surface area contributed by atoms with E-state index in [-0.39, 0.29) is 13.1 Å². The van der Waals surface area contributed by atoms with Gasteiger partial charge in [-0.15, -0.1) is 0 Å². The second-order valence-corrected chi connectivity index (χ2v) is 3.81. The van der Waals surface area contributed by atoms with Gasteiger partial charge >= 0.3 is 0 Å². The maximum Gasteiger partial charge on any atom is 0.237 e. The minimum atomic E-state index is -0.597. The Hall–Kier alpha value is -2.42. The molecule has 7 N–H and O–H groups in total. The number of nitrogens with one attached hydrogen (secondary N) is 1. The lowest BCUT2D eigenvalue weighted by atomic mass is 10.3. The zero-order chi connectivity index (χ0) is 14.4. The van der Waals surface area contributed by atoms with Crippen LogP contribution in [0.4, 0.5) is 11.6 Å². The van der Waals surface area contributed by atoms with Gasteiger partial charge in [-0.1, -0.05) is 6.92 Å². The Balaban J connectivity index is 3.12. The summed E-state index contributed by atoms with van der Waals surface area (Å²) in [4.78, 5) is 31.7. The number of nitrogens with two attached hydrogens (primary N) is 3. The molecule has 1 heterocycles. The van der Waals surface area contributed by atoms with Crippen molar-refractivity contribution in [1.82, 2.24) is 9.97 Å². The standard InChI is InChI=1S/C10H17N7O2/c1-2-8-14-9(16-13)3-10(15-8)17(4-6(11)18)5-7(12)19/h3H,2,4-5,13H2,1H3,(H2,11,18)(H2,12,19)(H,14,15,16). The number of carbonyl (C=O) groups is 2. The number of hydrogen-bond acceptors (Lipinski definition) is 7. The van der Waals surface area contributed by atoms with Gasteiger partial charge in [-0.05, 0) is 0 Å². The molecule has 0 aliphatic rings. The lowest BCUT2D eigenvalue weighted by Gasteiger charge is -2.21. The van der Waals surface area contributed by atoms with Crippen molar-refractivity contribution in [3.05, 3.63) is 11.9 Å². The van der Waals surface area contributed by atoms with Gasteiger partial charge in [0.25, 0.3) is 0 Å². The van der Waals surface area contributed by atoms with Crippen LogP contribution in [0.3, 0.4) is 0 Å². The molecule has 0 bridgehead atoms. The Morgan fingerprint density at radius 2 is 1.84 bits per heavy atom. The van der Waals surface area contributed by atoms with E-state index < -0.39 is 11.8 Å². The summed E-state index contributed by atoms with van der Waals surface area (Å²) in [6, 6.07) is 1.50. The summed E-state index contributed by atoms with van der Waals surface area (Å²) in [6.45, 7) is 1.52. The minimum absolute atomic E-state index is 0.173. The third-order valence-corrected chi connectivity index (χ3v) is 2.24. The molecule has 0 radical (unpaired) electrons. The van der Waals surface area contributed by atoms with Crippen molar-refractivity contribution in [2.45, 2.75) is 13.3 Å². The van der Waals surface area contributed by atoms with Crippen LogP contribution >= 0.6 is 0 Å². The first-order valence-electron chi connectivity index (χ1n) is 5.62. The number of nitrogens with zero attached hydrogens (tertiary/aromatic N) is 3. The van der Waals surface area contributed by atoms with Crippen LogP contribution in [-0.2, 0) is 16.0 Å². The van der Waals surface area contributed by atoms with Crippen LogP contribution in [0.25, 0.3) is 0 Å². The fourth-order valence-electron chi connectivity index (χ4n) is 1.47. The molecule has 1 aromatic rings. The molecule has 0 unspecified atom stereocenters. The molecule has 0 spiro atoms. The van der Waals surface area contributed by atoms with Crippen LogP contribution in [0.1, 0.15) is 12.7 Å².